The van der Waals surface area contributed by atoms with Crippen molar-refractivity contribution < 1.29 is 9.66 Å². The normalized spacial score (nSPS) is 10.2. The first kappa shape index (κ1) is 8.67. The Balaban J connectivity index is 2.88. The largest absolute Gasteiger partial charge is 0.452 e. The summed E-state index contributed by atoms with van der Waals surface area (Å²) in [6.07, 6.45) is -0.226. The molecule has 0 bridgehead atoms. The van der Waals surface area contributed by atoms with Gasteiger partial charge in [0.05, 0.1) is 10.5 Å². The molecule has 0 spiro atoms. The van der Waals surface area contributed by atoms with Crippen LogP contribution in [0.25, 0.3) is 0 Å². The molecule has 0 heterocycles. The van der Waals surface area contributed by atoms with Crippen LogP contribution in [0.4, 0.5) is 0 Å². The van der Waals surface area contributed by atoms with Crippen LogP contribution in [-0.4, -0.2) is 12.0 Å². The van der Waals surface area contributed by atoms with Gasteiger partial charge in [-0.25, -0.2) is 0 Å². The number of nitrogens with zero attached hydrogens (tertiary/aromatic N) is 1. The van der Waals surface area contributed by atoms with Crippen molar-refractivity contribution in [3.63, 3.8) is 0 Å². The summed E-state index contributed by atoms with van der Waals surface area (Å²) < 4.78 is 4.62. The average molecular weight is 166 g/mol. The van der Waals surface area contributed by atoms with Gasteiger partial charge in [0.1, 0.15) is 0 Å². The summed E-state index contributed by atoms with van der Waals surface area (Å²) in [7, 11) is 1.28. The minimum Gasteiger partial charge on any atom is -0.306 e. The van der Waals surface area contributed by atoms with E-state index in [9.17, 15) is 10.1 Å². The van der Waals surface area contributed by atoms with E-state index in [0.29, 0.717) is 5.56 Å². The fraction of sp³-hybridized carbons (Fsp3) is 0.125. The van der Waals surface area contributed by atoms with Crippen LogP contribution in [0.5, 0.6) is 0 Å². The molecule has 0 aliphatic carbocycles. The second-order valence-corrected chi connectivity index (χ2v) is 2.13. The molecule has 0 saturated heterocycles. The zero-order valence-electron chi connectivity index (χ0n) is 6.56. The Morgan fingerprint density at radius 3 is 2.42 bits per heavy atom. The highest BCUT2D eigenvalue weighted by molar-refractivity contribution is 5.23. The number of hydrogen-bond donors (Lipinski definition) is 0. The monoisotopic (exact) mass is 166 g/mol. The number of ether oxygens (including phenoxy) is 1. The maximum atomic E-state index is 10.4. The Kier molecular flexibility index (Phi) is 2.76. The fourth-order valence-electron chi connectivity index (χ4n) is 0.879. The van der Waals surface area contributed by atoms with Gasteiger partial charge in [-0.05, 0) is 12.1 Å². The van der Waals surface area contributed by atoms with Gasteiger partial charge in [0.25, 0.3) is 0 Å². The predicted molar refractivity (Wildman–Crippen MR) is 42.8 cm³/mol. The highest BCUT2D eigenvalue weighted by Crippen LogP contribution is 2.14. The molecular weight excluding hydrogens is 158 g/mol. The third-order valence-corrected chi connectivity index (χ3v) is 1.38. The third-order valence-electron chi connectivity index (χ3n) is 1.38. The first-order valence-electron chi connectivity index (χ1n) is 3.36. The third kappa shape index (κ3) is 1.79. The lowest BCUT2D eigenvalue weighted by Crippen LogP contribution is -2.13. The Bertz CT molecular complexity index is 260. The SMILES string of the molecule is CO[C](c1ccccc1)[N+](=O)[O-]. The molecule has 0 aliphatic rings. The molecule has 0 fully saturated rings. The zero-order valence-corrected chi connectivity index (χ0v) is 6.56. The van der Waals surface area contributed by atoms with Gasteiger partial charge in [-0.15, -0.1) is 0 Å². The van der Waals surface area contributed by atoms with Crippen molar-refractivity contribution in [1.29, 1.82) is 0 Å². The summed E-state index contributed by atoms with van der Waals surface area (Å²) in [6, 6.07) is 8.48. The number of rotatable bonds is 3. The fourth-order valence-corrected chi connectivity index (χ4v) is 0.879. The molecule has 0 amide bonds. The van der Waals surface area contributed by atoms with E-state index in [4.69, 9.17) is 0 Å². The molecule has 0 saturated carbocycles. The van der Waals surface area contributed by atoms with Crippen LogP contribution >= 0.6 is 0 Å². The van der Waals surface area contributed by atoms with Crippen molar-refractivity contribution >= 4 is 0 Å². The van der Waals surface area contributed by atoms with Crippen LogP contribution in [0, 0.1) is 16.3 Å². The molecule has 0 aliphatic heterocycles. The van der Waals surface area contributed by atoms with E-state index in [0.717, 1.165) is 0 Å². The lowest BCUT2D eigenvalue weighted by molar-refractivity contribution is -0.499. The average Bonchev–Trinajstić information content (AvgIpc) is 2.07. The number of nitro groups is 1. The smallest absolute Gasteiger partial charge is 0.306 e. The van der Waals surface area contributed by atoms with Crippen LogP contribution in [0.15, 0.2) is 30.3 Å². The Hall–Kier alpha value is -1.42. The van der Waals surface area contributed by atoms with E-state index in [1.165, 1.54) is 7.11 Å². The van der Waals surface area contributed by atoms with E-state index in [1.54, 1.807) is 30.3 Å². The van der Waals surface area contributed by atoms with Crippen molar-refractivity contribution in [3.05, 3.63) is 52.2 Å². The molecule has 1 aromatic carbocycles. The molecule has 4 nitrogen and oxygen atoms in total. The standard InChI is InChI=1S/C8H8NO3/c1-12-8(9(10)11)7-5-3-2-4-6-7/h2-6H,1H3. The summed E-state index contributed by atoms with van der Waals surface area (Å²) in [5, 5.41) is 10.4. The van der Waals surface area contributed by atoms with Gasteiger partial charge in [-0.1, -0.05) is 18.2 Å². The highest BCUT2D eigenvalue weighted by atomic mass is 16.7. The molecule has 0 atom stereocenters. The Morgan fingerprint density at radius 2 is 2.00 bits per heavy atom. The van der Waals surface area contributed by atoms with Gasteiger partial charge in [0.15, 0.2) is 0 Å². The van der Waals surface area contributed by atoms with E-state index in [-0.39, 0.29) is 6.23 Å². The van der Waals surface area contributed by atoms with Crippen molar-refractivity contribution in [2.75, 3.05) is 7.11 Å². The van der Waals surface area contributed by atoms with Gasteiger partial charge in [-0.3, -0.25) is 10.1 Å². The molecule has 0 N–H and O–H groups in total. The molecule has 12 heavy (non-hydrogen) atoms. The predicted octanol–water partition coefficient (Wildman–Crippen LogP) is 1.45. The minimum absolute atomic E-state index is 0.226. The first-order valence-corrected chi connectivity index (χ1v) is 3.36. The summed E-state index contributed by atoms with van der Waals surface area (Å²) in [5.41, 5.74) is 0.477. The highest BCUT2D eigenvalue weighted by Gasteiger charge is 2.25. The summed E-state index contributed by atoms with van der Waals surface area (Å²) in [6.45, 7) is 0. The quantitative estimate of drug-likeness (QED) is 0.504. The molecule has 0 aromatic heterocycles. The molecule has 1 rings (SSSR count). The summed E-state index contributed by atoms with van der Waals surface area (Å²) >= 11 is 0. The van der Waals surface area contributed by atoms with Crippen molar-refractivity contribution in [2.24, 2.45) is 0 Å². The van der Waals surface area contributed by atoms with Crippen molar-refractivity contribution in [3.8, 4) is 0 Å². The molecule has 63 valence electrons. The van der Waals surface area contributed by atoms with E-state index in [1.807, 2.05) is 0 Å². The first-order chi connectivity index (χ1) is 5.75. The Labute approximate surface area is 69.9 Å². The lowest BCUT2D eigenvalue weighted by Gasteiger charge is -2.02. The van der Waals surface area contributed by atoms with Gasteiger partial charge in [-0.2, -0.15) is 0 Å². The minimum atomic E-state index is -0.546. The molecule has 4 heteroatoms. The molecular formula is C8H8NO3. The topological polar surface area (TPSA) is 52.4 Å². The van der Waals surface area contributed by atoms with Crippen molar-refractivity contribution in [2.45, 2.75) is 0 Å². The summed E-state index contributed by atoms with van der Waals surface area (Å²) in [5.74, 6) is 0. The van der Waals surface area contributed by atoms with Crippen molar-refractivity contribution in [1.82, 2.24) is 0 Å². The van der Waals surface area contributed by atoms with Crippen LogP contribution in [0.3, 0.4) is 0 Å². The number of benzene rings is 1. The number of methoxy groups -OCH3 is 1. The summed E-state index contributed by atoms with van der Waals surface area (Å²) in [4.78, 5) is 9.83. The molecule has 0 unspecified atom stereocenters. The Morgan fingerprint density at radius 1 is 1.42 bits per heavy atom. The van der Waals surface area contributed by atoms with Crippen LogP contribution in [0.2, 0.25) is 0 Å². The second kappa shape index (κ2) is 3.82. The van der Waals surface area contributed by atoms with Gasteiger partial charge >= 0.3 is 6.23 Å². The lowest BCUT2D eigenvalue weighted by atomic mass is 10.2. The van der Waals surface area contributed by atoms with Gasteiger partial charge in [0, 0.05) is 7.11 Å². The van der Waals surface area contributed by atoms with E-state index in [2.05, 4.69) is 4.74 Å². The zero-order chi connectivity index (χ0) is 8.97. The van der Waals surface area contributed by atoms with Gasteiger partial charge < -0.3 is 4.74 Å². The van der Waals surface area contributed by atoms with Crippen LogP contribution in [0.1, 0.15) is 5.56 Å². The molecule has 1 radical (unpaired) electrons. The van der Waals surface area contributed by atoms with Crippen LogP contribution in [-0.2, 0) is 4.74 Å². The van der Waals surface area contributed by atoms with Gasteiger partial charge in [0.2, 0.25) is 0 Å². The van der Waals surface area contributed by atoms with Crippen LogP contribution < -0.4 is 0 Å². The maximum Gasteiger partial charge on any atom is 0.452 e. The maximum absolute atomic E-state index is 10.4. The van der Waals surface area contributed by atoms with E-state index >= 15 is 0 Å². The number of hydrogen-bond acceptors (Lipinski definition) is 3. The molecule has 1 aromatic rings. The second-order valence-electron chi connectivity index (χ2n) is 2.13. The van der Waals surface area contributed by atoms with E-state index < -0.39 is 4.92 Å².